The van der Waals surface area contributed by atoms with E-state index >= 15 is 0 Å². The molecule has 0 unspecified atom stereocenters. The Bertz CT molecular complexity index is 509. The number of ketones is 1. The Morgan fingerprint density at radius 3 is 2.19 bits per heavy atom. The number of rotatable bonds is 2. The van der Waals surface area contributed by atoms with Crippen molar-refractivity contribution in [1.29, 1.82) is 0 Å². The summed E-state index contributed by atoms with van der Waals surface area (Å²) < 4.78 is 0. The van der Waals surface area contributed by atoms with Gasteiger partial charge >= 0.3 is 0 Å². The highest BCUT2D eigenvalue weighted by molar-refractivity contribution is 6.40. The lowest BCUT2D eigenvalue weighted by Crippen LogP contribution is -2.04. The predicted molar refractivity (Wildman–Crippen MR) is 61.9 cm³/mol. The fraction of sp³-hybridized carbons (Fsp3) is 0. The molecule has 80 valence electrons. The van der Waals surface area contributed by atoms with Gasteiger partial charge in [-0.05, 0) is 12.1 Å². The standard InChI is InChI=1S/C11H6Cl2N2O/c12-8-2-1-3-9(13)10(8)11(16)7-4-14-6-15-5-7/h1-6H. The smallest absolute Gasteiger partial charge is 0.199 e. The molecule has 0 radical (unpaired) electrons. The number of hydrogen-bond donors (Lipinski definition) is 0. The SMILES string of the molecule is O=C(c1cncnc1)c1c(Cl)cccc1Cl. The van der Waals surface area contributed by atoms with E-state index in [2.05, 4.69) is 9.97 Å². The second-order valence-corrected chi connectivity index (χ2v) is 3.87. The summed E-state index contributed by atoms with van der Waals surface area (Å²) in [5.74, 6) is -0.281. The van der Waals surface area contributed by atoms with Gasteiger partial charge in [0.2, 0.25) is 0 Å². The molecule has 0 aliphatic heterocycles. The maximum Gasteiger partial charge on any atom is 0.199 e. The monoisotopic (exact) mass is 252 g/mol. The summed E-state index contributed by atoms with van der Waals surface area (Å²) in [6.45, 7) is 0. The zero-order chi connectivity index (χ0) is 11.5. The summed E-state index contributed by atoms with van der Waals surface area (Å²) >= 11 is 11.9. The second kappa shape index (κ2) is 4.60. The lowest BCUT2D eigenvalue weighted by Gasteiger charge is -2.04. The van der Waals surface area contributed by atoms with Gasteiger partial charge in [0.1, 0.15) is 6.33 Å². The van der Waals surface area contributed by atoms with E-state index in [0.717, 1.165) is 0 Å². The van der Waals surface area contributed by atoms with Gasteiger partial charge in [-0.25, -0.2) is 9.97 Å². The maximum absolute atomic E-state index is 12.0. The Morgan fingerprint density at radius 1 is 1.06 bits per heavy atom. The first-order valence-corrected chi connectivity index (χ1v) is 5.19. The van der Waals surface area contributed by atoms with Crippen LogP contribution in [0.2, 0.25) is 10.0 Å². The molecular weight excluding hydrogens is 247 g/mol. The molecule has 1 aromatic heterocycles. The maximum atomic E-state index is 12.0. The molecule has 0 aliphatic carbocycles. The van der Waals surface area contributed by atoms with Crippen LogP contribution in [0.4, 0.5) is 0 Å². The van der Waals surface area contributed by atoms with Crippen molar-refractivity contribution in [2.24, 2.45) is 0 Å². The molecule has 0 spiro atoms. The molecule has 0 amide bonds. The minimum atomic E-state index is -0.281. The van der Waals surface area contributed by atoms with Crippen molar-refractivity contribution in [2.75, 3.05) is 0 Å². The minimum absolute atomic E-state index is 0.278. The molecule has 2 rings (SSSR count). The highest BCUT2D eigenvalue weighted by atomic mass is 35.5. The van der Waals surface area contributed by atoms with E-state index in [1.54, 1.807) is 18.2 Å². The average molecular weight is 253 g/mol. The van der Waals surface area contributed by atoms with Gasteiger partial charge in [0.15, 0.2) is 5.78 Å². The van der Waals surface area contributed by atoms with Gasteiger partial charge in [-0.15, -0.1) is 0 Å². The summed E-state index contributed by atoms with van der Waals surface area (Å²) in [7, 11) is 0. The summed E-state index contributed by atoms with van der Waals surface area (Å²) in [6.07, 6.45) is 4.20. The van der Waals surface area contributed by atoms with Crippen LogP contribution in [0.25, 0.3) is 0 Å². The van der Waals surface area contributed by atoms with Gasteiger partial charge in [0, 0.05) is 12.4 Å². The fourth-order valence-corrected chi connectivity index (χ4v) is 1.84. The molecule has 1 aromatic carbocycles. The molecule has 2 aromatic rings. The van der Waals surface area contributed by atoms with Crippen LogP contribution < -0.4 is 0 Å². The zero-order valence-corrected chi connectivity index (χ0v) is 9.53. The largest absolute Gasteiger partial charge is 0.288 e. The molecule has 16 heavy (non-hydrogen) atoms. The van der Waals surface area contributed by atoms with E-state index in [1.165, 1.54) is 18.7 Å². The molecular formula is C11H6Cl2N2O. The van der Waals surface area contributed by atoms with Crippen molar-refractivity contribution >= 4 is 29.0 Å². The quantitative estimate of drug-likeness (QED) is 0.772. The van der Waals surface area contributed by atoms with Gasteiger partial charge < -0.3 is 0 Å². The summed E-state index contributed by atoms with van der Waals surface area (Å²) in [5.41, 5.74) is 0.637. The Kier molecular flexibility index (Phi) is 3.17. The van der Waals surface area contributed by atoms with Gasteiger partial charge in [-0.2, -0.15) is 0 Å². The van der Waals surface area contributed by atoms with Gasteiger partial charge in [0.25, 0.3) is 0 Å². The first-order chi connectivity index (χ1) is 7.70. The number of benzene rings is 1. The number of hydrogen-bond acceptors (Lipinski definition) is 3. The summed E-state index contributed by atoms with van der Waals surface area (Å²) in [4.78, 5) is 19.6. The van der Waals surface area contributed by atoms with Crippen LogP contribution >= 0.6 is 23.2 Å². The van der Waals surface area contributed by atoms with Gasteiger partial charge in [-0.3, -0.25) is 4.79 Å². The summed E-state index contributed by atoms with van der Waals surface area (Å²) in [5, 5.41) is 0.641. The van der Waals surface area contributed by atoms with E-state index in [-0.39, 0.29) is 11.3 Å². The van der Waals surface area contributed by atoms with Crippen LogP contribution in [-0.4, -0.2) is 15.8 Å². The van der Waals surface area contributed by atoms with Crippen LogP contribution in [0.3, 0.4) is 0 Å². The topological polar surface area (TPSA) is 42.9 Å². The first kappa shape index (κ1) is 11.0. The van der Waals surface area contributed by atoms with Crippen LogP contribution in [0.1, 0.15) is 15.9 Å². The fourth-order valence-electron chi connectivity index (χ4n) is 1.28. The molecule has 1 heterocycles. The van der Waals surface area contributed by atoms with Crippen molar-refractivity contribution < 1.29 is 4.79 Å². The second-order valence-electron chi connectivity index (χ2n) is 3.05. The van der Waals surface area contributed by atoms with Crippen molar-refractivity contribution in [3.05, 3.63) is 58.1 Å². The Morgan fingerprint density at radius 2 is 1.62 bits per heavy atom. The molecule has 0 fully saturated rings. The molecule has 0 aliphatic rings. The molecule has 0 N–H and O–H groups in total. The highest BCUT2D eigenvalue weighted by Gasteiger charge is 2.16. The van der Waals surface area contributed by atoms with Crippen molar-refractivity contribution in [3.8, 4) is 0 Å². The molecule has 0 saturated carbocycles. The number of halogens is 2. The van der Waals surface area contributed by atoms with E-state index in [1.807, 2.05) is 0 Å². The Labute approximate surface area is 102 Å². The number of nitrogens with zero attached hydrogens (tertiary/aromatic N) is 2. The lowest BCUT2D eigenvalue weighted by molar-refractivity contribution is 0.103. The lowest BCUT2D eigenvalue weighted by atomic mass is 10.1. The molecule has 0 atom stereocenters. The molecule has 0 bridgehead atoms. The van der Waals surface area contributed by atoms with E-state index < -0.39 is 0 Å². The number of carbonyl (C=O) groups is 1. The minimum Gasteiger partial charge on any atom is -0.288 e. The molecule has 0 saturated heterocycles. The summed E-state index contributed by atoms with van der Waals surface area (Å²) in [6, 6.07) is 4.91. The van der Waals surface area contributed by atoms with Crippen molar-refractivity contribution in [1.82, 2.24) is 9.97 Å². The Balaban J connectivity index is 2.50. The van der Waals surface area contributed by atoms with Gasteiger partial charge in [0.05, 0.1) is 21.2 Å². The molecule has 3 nitrogen and oxygen atoms in total. The third-order valence-electron chi connectivity index (χ3n) is 2.01. The number of aromatic nitrogens is 2. The average Bonchev–Trinajstić information content (AvgIpc) is 2.30. The first-order valence-electron chi connectivity index (χ1n) is 4.44. The normalized spacial score (nSPS) is 10.1. The number of carbonyl (C=O) groups excluding carboxylic acids is 1. The van der Waals surface area contributed by atoms with E-state index in [4.69, 9.17) is 23.2 Å². The van der Waals surface area contributed by atoms with E-state index in [9.17, 15) is 4.79 Å². The zero-order valence-electron chi connectivity index (χ0n) is 8.02. The third kappa shape index (κ3) is 2.05. The van der Waals surface area contributed by atoms with Crippen molar-refractivity contribution in [3.63, 3.8) is 0 Å². The van der Waals surface area contributed by atoms with E-state index in [0.29, 0.717) is 15.6 Å². The van der Waals surface area contributed by atoms with Crippen molar-refractivity contribution in [2.45, 2.75) is 0 Å². The highest BCUT2D eigenvalue weighted by Crippen LogP contribution is 2.26. The molecule has 5 heteroatoms. The van der Waals surface area contributed by atoms with Crippen LogP contribution in [0.15, 0.2) is 36.9 Å². The van der Waals surface area contributed by atoms with Crippen LogP contribution in [0, 0.1) is 0 Å². The predicted octanol–water partition coefficient (Wildman–Crippen LogP) is 3.01. The van der Waals surface area contributed by atoms with Crippen LogP contribution in [-0.2, 0) is 0 Å². The third-order valence-corrected chi connectivity index (χ3v) is 2.64. The van der Waals surface area contributed by atoms with Gasteiger partial charge in [-0.1, -0.05) is 29.3 Å². The van der Waals surface area contributed by atoms with Crippen LogP contribution in [0.5, 0.6) is 0 Å². The Hall–Kier alpha value is -1.45.